The molecule has 1 saturated heterocycles. The number of hydrogen-bond donors (Lipinski definition) is 2. The van der Waals surface area contributed by atoms with Crippen LogP contribution in [0.5, 0.6) is 0 Å². The van der Waals surface area contributed by atoms with Gasteiger partial charge in [0.15, 0.2) is 0 Å². The lowest BCUT2D eigenvalue weighted by molar-refractivity contribution is -0.134. The van der Waals surface area contributed by atoms with Gasteiger partial charge in [0.05, 0.1) is 12.6 Å². The zero-order valence-corrected chi connectivity index (χ0v) is 11.9. The van der Waals surface area contributed by atoms with E-state index in [9.17, 15) is 9.59 Å². The van der Waals surface area contributed by atoms with Crippen molar-refractivity contribution in [3.8, 4) is 0 Å². The van der Waals surface area contributed by atoms with Gasteiger partial charge in [-0.15, -0.1) is 0 Å². The summed E-state index contributed by atoms with van der Waals surface area (Å²) in [7, 11) is 3.48. The summed E-state index contributed by atoms with van der Waals surface area (Å²) in [5.41, 5.74) is 2.10. The van der Waals surface area contributed by atoms with E-state index in [4.69, 9.17) is 10.6 Å². The monoisotopic (exact) mass is 272 g/mol. The van der Waals surface area contributed by atoms with Gasteiger partial charge in [-0.2, -0.15) is 0 Å². The van der Waals surface area contributed by atoms with Gasteiger partial charge in [-0.25, -0.2) is 5.84 Å². The lowest BCUT2D eigenvalue weighted by Crippen LogP contribution is -2.42. The summed E-state index contributed by atoms with van der Waals surface area (Å²) in [4.78, 5) is 26.6. The molecule has 0 saturated carbocycles. The molecule has 1 heterocycles. The molecule has 1 rings (SSSR count). The minimum absolute atomic E-state index is 0.0165. The van der Waals surface area contributed by atoms with Gasteiger partial charge in [0.1, 0.15) is 6.10 Å². The maximum absolute atomic E-state index is 11.7. The summed E-state index contributed by atoms with van der Waals surface area (Å²) in [5, 5.41) is 0. The van der Waals surface area contributed by atoms with Gasteiger partial charge in [-0.3, -0.25) is 19.9 Å². The van der Waals surface area contributed by atoms with Gasteiger partial charge in [0.25, 0.3) is 5.91 Å². The Labute approximate surface area is 114 Å². The quantitative estimate of drug-likeness (QED) is 0.365. The third-order valence-corrected chi connectivity index (χ3v) is 3.31. The number of nitrogens with two attached hydrogens (primary N) is 1. The molecule has 7 heteroatoms. The Morgan fingerprint density at radius 1 is 1.37 bits per heavy atom. The van der Waals surface area contributed by atoms with Crippen LogP contribution in [-0.4, -0.2) is 67.6 Å². The first-order chi connectivity index (χ1) is 8.97. The number of carbonyl (C=O) groups excluding carboxylic acids is 2. The fourth-order valence-corrected chi connectivity index (χ4v) is 2.05. The van der Waals surface area contributed by atoms with Crippen molar-refractivity contribution >= 4 is 11.8 Å². The van der Waals surface area contributed by atoms with Crippen molar-refractivity contribution in [2.45, 2.75) is 32.0 Å². The van der Waals surface area contributed by atoms with Crippen LogP contribution in [-0.2, 0) is 14.3 Å². The Morgan fingerprint density at radius 3 is 2.58 bits per heavy atom. The van der Waals surface area contributed by atoms with Crippen LogP contribution in [0.4, 0.5) is 0 Å². The highest BCUT2D eigenvalue weighted by Gasteiger charge is 2.31. The van der Waals surface area contributed by atoms with E-state index >= 15 is 0 Å². The molecule has 1 aliphatic heterocycles. The van der Waals surface area contributed by atoms with Crippen LogP contribution in [0.2, 0.25) is 0 Å². The molecule has 0 aromatic heterocycles. The minimum atomic E-state index is -0.460. The first kappa shape index (κ1) is 15.9. The Kier molecular flexibility index (Phi) is 6.20. The molecule has 2 unspecified atom stereocenters. The maximum Gasteiger partial charge on any atom is 0.263 e. The van der Waals surface area contributed by atoms with Crippen molar-refractivity contribution in [1.82, 2.24) is 15.2 Å². The first-order valence-electron chi connectivity index (χ1n) is 6.56. The van der Waals surface area contributed by atoms with Crippen LogP contribution in [0.1, 0.15) is 19.8 Å². The molecule has 110 valence electrons. The number of rotatable bonds is 6. The summed E-state index contributed by atoms with van der Waals surface area (Å²) in [5.74, 6) is 4.87. The smallest absolute Gasteiger partial charge is 0.263 e. The molecule has 2 amide bonds. The number of nitrogens with zero attached hydrogens (tertiary/aromatic N) is 2. The van der Waals surface area contributed by atoms with Gasteiger partial charge in [0, 0.05) is 20.6 Å². The molecule has 0 aromatic rings. The molecule has 0 aliphatic carbocycles. The number of carbonyl (C=O) groups is 2. The zero-order chi connectivity index (χ0) is 14.4. The lowest BCUT2D eigenvalue weighted by Gasteiger charge is -2.24. The molecule has 3 N–H and O–H groups in total. The van der Waals surface area contributed by atoms with E-state index in [1.54, 1.807) is 19.0 Å². The summed E-state index contributed by atoms with van der Waals surface area (Å²) in [6.07, 6.45) is 1.01. The van der Waals surface area contributed by atoms with Gasteiger partial charge in [-0.05, 0) is 19.4 Å². The number of nitrogens with one attached hydrogen (secondary N) is 1. The largest absolute Gasteiger partial charge is 0.364 e. The van der Waals surface area contributed by atoms with E-state index in [1.165, 1.54) is 0 Å². The second-order valence-electron chi connectivity index (χ2n) is 4.95. The van der Waals surface area contributed by atoms with E-state index in [-0.39, 0.29) is 17.9 Å². The van der Waals surface area contributed by atoms with E-state index in [0.29, 0.717) is 19.5 Å². The van der Waals surface area contributed by atoms with Crippen molar-refractivity contribution < 1.29 is 14.3 Å². The molecule has 19 heavy (non-hydrogen) atoms. The second-order valence-corrected chi connectivity index (χ2v) is 4.95. The van der Waals surface area contributed by atoms with E-state index in [2.05, 4.69) is 5.43 Å². The Hall–Kier alpha value is -1.18. The van der Waals surface area contributed by atoms with Crippen molar-refractivity contribution in [2.75, 3.05) is 33.7 Å². The predicted octanol–water partition coefficient (Wildman–Crippen LogP) is -1.07. The molecule has 0 aromatic carbocycles. The van der Waals surface area contributed by atoms with Crippen LogP contribution in [0, 0.1) is 0 Å². The lowest BCUT2D eigenvalue weighted by atomic mass is 10.2. The third-order valence-electron chi connectivity index (χ3n) is 3.31. The van der Waals surface area contributed by atoms with Crippen LogP contribution in [0.25, 0.3) is 0 Å². The van der Waals surface area contributed by atoms with E-state index < -0.39 is 6.10 Å². The average Bonchev–Trinajstić information content (AvgIpc) is 2.85. The third kappa shape index (κ3) is 4.77. The fraction of sp³-hybridized carbons (Fsp3) is 0.833. The predicted molar refractivity (Wildman–Crippen MR) is 71.0 cm³/mol. The number of likely N-dealkylation sites (N-methyl/N-ethyl adjacent to an activating group) is 2. The summed E-state index contributed by atoms with van der Waals surface area (Å²) in [6, 6.07) is 0. The number of hydrazine groups is 1. The Morgan fingerprint density at radius 2 is 2.05 bits per heavy atom. The Balaban J connectivity index is 2.41. The normalized spacial score (nSPS) is 22.6. The number of amides is 2. The average molecular weight is 272 g/mol. The van der Waals surface area contributed by atoms with Crippen molar-refractivity contribution in [3.63, 3.8) is 0 Å². The molecular formula is C12H24N4O3. The standard InChI is InChI=1S/C12H24N4O3/c1-4-16(8-11(17)15(2)3)7-9-5-6-10(19-9)12(18)14-13/h9-10H,4-8,13H2,1-3H3,(H,14,18). The van der Waals surface area contributed by atoms with Crippen molar-refractivity contribution in [3.05, 3.63) is 0 Å². The highest BCUT2D eigenvalue weighted by atomic mass is 16.5. The molecule has 1 aliphatic rings. The molecule has 0 spiro atoms. The highest BCUT2D eigenvalue weighted by molar-refractivity contribution is 5.80. The SMILES string of the molecule is CCN(CC(=O)N(C)C)CC1CCC(C(=O)NN)O1. The number of hydrogen-bond acceptors (Lipinski definition) is 5. The van der Waals surface area contributed by atoms with Gasteiger partial charge in [0.2, 0.25) is 5.91 Å². The van der Waals surface area contributed by atoms with Crippen LogP contribution in [0.3, 0.4) is 0 Å². The van der Waals surface area contributed by atoms with Crippen molar-refractivity contribution in [1.29, 1.82) is 0 Å². The fourth-order valence-electron chi connectivity index (χ4n) is 2.05. The maximum atomic E-state index is 11.7. The molecule has 1 fully saturated rings. The first-order valence-corrected chi connectivity index (χ1v) is 6.56. The van der Waals surface area contributed by atoms with Gasteiger partial charge in [-0.1, -0.05) is 6.92 Å². The van der Waals surface area contributed by atoms with Crippen LogP contribution < -0.4 is 11.3 Å². The summed E-state index contributed by atoms with van der Waals surface area (Å²) >= 11 is 0. The summed E-state index contributed by atoms with van der Waals surface area (Å²) < 4.78 is 5.63. The summed E-state index contributed by atoms with van der Waals surface area (Å²) in [6.45, 7) is 3.80. The van der Waals surface area contributed by atoms with Crippen LogP contribution in [0.15, 0.2) is 0 Å². The number of ether oxygens (including phenoxy) is 1. The minimum Gasteiger partial charge on any atom is -0.364 e. The van der Waals surface area contributed by atoms with Crippen LogP contribution >= 0.6 is 0 Å². The Bertz CT molecular complexity index is 322. The topological polar surface area (TPSA) is 87.9 Å². The van der Waals surface area contributed by atoms with Crippen molar-refractivity contribution in [2.24, 2.45) is 5.84 Å². The highest BCUT2D eigenvalue weighted by Crippen LogP contribution is 2.20. The van der Waals surface area contributed by atoms with Gasteiger partial charge >= 0.3 is 0 Å². The van der Waals surface area contributed by atoms with E-state index in [0.717, 1.165) is 13.0 Å². The molecule has 2 atom stereocenters. The zero-order valence-electron chi connectivity index (χ0n) is 11.9. The molecule has 0 radical (unpaired) electrons. The van der Waals surface area contributed by atoms with Gasteiger partial charge < -0.3 is 9.64 Å². The molecule has 7 nitrogen and oxygen atoms in total. The second kappa shape index (κ2) is 7.42. The van der Waals surface area contributed by atoms with E-state index in [1.807, 2.05) is 11.8 Å². The molecular weight excluding hydrogens is 248 g/mol. The molecule has 0 bridgehead atoms.